The Morgan fingerprint density at radius 1 is 1.25 bits per heavy atom. The molecule has 5 heteroatoms. The molecular formula is C15H15ClN2O2. The second-order valence-electron chi connectivity index (χ2n) is 4.40. The molecule has 0 unspecified atom stereocenters. The molecule has 0 atom stereocenters. The fourth-order valence-corrected chi connectivity index (χ4v) is 2.22. The van der Waals surface area contributed by atoms with Gasteiger partial charge in [0.15, 0.2) is 0 Å². The maximum absolute atomic E-state index is 11.0. The van der Waals surface area contributed by atoms with E-state index in [1.165, 1.54) is 11.6 Å². The number of aryl methyl sites for hydroxylation is 1. The first kappa shape index (κ1) is 14.3. The van der Waals surface area contributed by atoms with Gasteiger partial charge in [0.25, 0.3) is 5.69 Å². The van der Waals surface area contributed by atoms with Crippen LogP contribution < -0.4 is 5.32 Å². The summed E-state index contributed by atoms with van der Waals surface area (Å²) in [7, 11) is 0. The first-order valence-corrected chi connectivity index (χ1v) is 6.74. The molecule has 0 aliphatic carbocycles. The monoisotopic (exact) mass is 290 g/mol. The van der Waals surface area contributed by atoms with E-state index in [2.05, 4.69) is 12.2 Å². The van der Waals surface area contributed by atoms with E-state index in [0.717, 1.165) is 12.1 Å². The van der Waals surface area contributed by atoms with E-state index in [1.807, 2.05) is 24.3 Å². The van der Waals surface area contributed by atoms with E-state index >= 15 is 0 Å². The molecule has 0 aliphatic rings. The van der Waals surface area contributed by atoms with Crippen molar-refractivity contribution in [2.45, 2.75) is 19.9 Å². The predicted molar refractivity (Wildman–Crippen MR) is 81.3 cm³/mol. The highest BCUT2D eigenvalue weighted by molar-refractivity contribution is 6.31. The maximum atomic E-state index is 11.0. The van der Waals surface area contributed by atoms with Crippen LogP contribution in [-0.4, -0.2) is 4.92 Å². The van der Waals surface area contributed by atoms with Gasteiger partial charge in [0.1, 0.15) is 0 Å². The van der Waals surface area contributed by atoms with Crippen molar-refractivity contribution in [1.82, 2.24) is 0 Å². The molecule has 0 bridgehead atoms. The zero-order valence-electron chi connectivity index (χ0n) is 11.1. The summed E-state index contributed by atoms with van der Waals surface area (Å²) in [5.74, 6) is 0. The van der Waals surface area contributed by atoms with Gasteiger partial charge in [-0.05, 0) is 30.2 Å². The zero-order valence-corrected chi connectivity index (χ0v) is 11.9. The van der Waals surface area contributed by atoms with Gasteiger partial charge in [0.2, 0.25) is 0 Å². The summed E-state index contributed by atoms with van der Waals surface area (Å²) in [5, 5.41) is 14.6. The van der Waals surface area contributed by atoms with E-state index in [4.69, 9.17) is 11.6 Å². The number of nitrogens with one attached hydrogen (secondary N) is 1. The lowest BCUT2D eigenvalue weighted by Gasteiger charge is -2.09. The molecule has 0 saturated carbocycles. The van der Waals surface area contributed by atoms with Crippen LogP contribution >= 0.6 is 11.6 Å². The topological polar surface area (TPSA) is 55.2 Å². The van der Waals surface area contributed by atoms with Crippen LogP contribution in [0.15, 0.2) is 42.5 Å². The Labute approximate surface area is 122 Å². The van der Waals surface area contributed by atoms with Crippen LogP contribution in [0.2, 0.25) is 5.02 Å². The quantitative estimate of drug-likeness (QED) is 0.655. The molecule has 1 N–H and O–H groups in total. The van der Waals surface area contributed by atoms with Crippen molar-refractivity contribution in [2.75, 3.05) is 5.32 Å². The molecule has 2 aromatic carbocycles. The molecule has 2 rings (SSSR count). The number of hydrogen-bond acceptors (Lipinski definition) is 3. The number of nitrogens with zero attached hydrogens (tertiary/aromatic N) is 1. The lowest BCUT2D eigenvalue weighted by atomic mass is 10.1. The number of halogens is 1. The average molecular weight is 291 g/mol. The Hall–Kier alpha value is -2.07. The van der Waals surface area contributed by atoms with Crippen molar-refractivity contribution in [2.24, 2.45) is 0 Å². The third kappa shape index (κ3) is 3.27. The zero-order chi connectivity index (χ0) is 14.5. The Morgan fingerprint density at radius 3 is 2.70 bits per heavy atom. The van der Waals surface area contributed by atoms with Gasteiger partial charge in [-0.15, -0.1) is 0 Å². The normalized spacial score (nSPS) is 10.3. The van der Waals surface area contributed by atoms with Crippen LogP contribution in [0.25, 0.3) is 0 Å². The van der Waals surface area contributed by atoms with Gasteiger partial charge in [-0.25, -0.2) is 0 Å². The van der Waals surface area contributed by atoms with Crippen LogP contribution in [0.3, 0.4) is 0 Å². The van der Waals surface area contributed by atoms with Gasteiger partial charge >= 0.3 is 0 Å². The van der Waals surface area contributed by atoms with Gasteiger partial charge in [-0.1, -0.05) is 36.7 Å². The van der Waals surface area contributed by atoms with E-state index in [9.17, 15) is 10.1 Å². The molecular weight excluding hydrogens is 276 g/mol. The van der Waals surface area contributed by atoms with Gasteiger partial charge < -0.3 is 5.32 Å². The van der Waals surface area contributed by atoms with E-state index in [1.54, 1.807) is 12.1 Å². The number of hydrogen-bond donors (Lipinski definition) is 1. The molecule has 0 radical (unpaired) electrons. The van der Waals surface area contributed by atoms with E-state index < -0.39 is 4.92 Å². The third-order valence-electron chi connectivity index (χ3n) is 3.10. The van der Waals surface area contributed by atoms with Crippen molar-refractivity contribution < 1.29 is 4.92 Å². The van der Waals surface area contributed by atoms with E-state index in [0.29, 0.717) is 17.1 Å². The summed E-state index contributed by atoms with van der Waals surface area (Å²) in [6, 6.07) is 12.7. The Morgan fingerprint density at radius 2 is 2.00 bits per heavy atom. The number of benzene rings is 2. The highest BCUT2D eigenvalue weighted by Crippen LogP contribution is 2.27. The third-order valence-corrected chi connectivity index (χ3v) is 3.45. The first-order chi connectivity index (χ1) is 9.61. The molecule has 20 heavy (non-hydrogen) atoms. The summed E-state index contributed by atoms with van der Waals surface area (Å²) in [6.45, 7) is 2.40. The Bertz CT molecular complexity index is 629. The number of nitro benzene ring substituents is 1. The highest BCUT2D eigenvalue weighted by atomic mass is 35.5. The van der Waals surface area contributed by atoms with Crippen LogP contribution in [0.5, 0.6) is 0 Å². The highest BCUT2D eigenvalue weighted by Gasteiger charge is 2.16. The predicted octanol–water partition coefficient (Wildman–Crippen LogP) is 4.42. The van der Waals surface area contributed by atoms with Crippen LogP contribution in [0.4, 0.5) is 11.4 Å². The lowest BCUT2D eigenvalue weighted by molar-refractivity contribution is -0.385. The largest absolute Gasteiger partial charge is 0.381 e. The number of nitro groups is 1. The molecule has 4 nitrogen and oxygen atoms in total. The molecule has 0 spiro atoms. The lowest BCUT2D eigenvalue weighted by Crippen LogP contribution is -2.04. The van der Waals surface area contributed by atoms with Gasteiger partial charge in [-0.3, -0.25) is 10.1 Å². The standard InChI is InChI=1S/C15H15ClN2O2/c1-2-11-5-3-6-12(9-11)17-10-13-14(16)7-4-8-15(13)18(19)20/h3-9,17H,2,10H2,1H3. The Balaban J connectivity index is 2.20. The summed E-state index contributed by atoms with van der Waals surface area (Å²) < 4.78 is 0. The molecule has 104 valence electrons. The minimum Gasteiger partial charge on any atom is -0.381 e. The molecule has 0 heterocycles. The van der Waals surface area contributed by atoms with Crippen molar-refractivity contribution in [3.05, 3.63) is 68.7 Å². The molecule has 0 aliphatic heterocycles. The Kier molecular flexibility index (Phi) is 4.58. The smallest absolute Gasteiger partial charge is 0.275 e. The fraction of sp³-hybridized carbons (Fsp3) is 0.200. The van der Waals surface area contributed by atoms with Crippen LogP contribution in [-0.2, 0) is 13.0 Å². The van der Waals surface area contributed by atoms with Crippen molar-refractivity contribution in [1.29, 1.82) is 0 Å². The molecule has 2 aromatic rings. The molecule has 0 amide bonds. The average Bonchev–Trinajstić information content (AvgIpc) is 2.45. The first-order valence-electron chi connectivity index (χ1n) is 6.36. The van der Waals surface area contributed by atoms with Crippen LogP contribution in [0, 0.1) is 10.1 Å². The molecule has 0 fully saturated rings. The fourth-order valence-electron chi connectivity index (χ4n) is 1.98. The summed E-state index contributed by atoms with van der Waals surface area (Å²) in [6.07, 6.45) is 0.946. The van der Waals surface area contributed by atoms with E-state index in [-0.39, 0.29) is 5.69 Å². The van der Waals surface area contributed by atoms with Crippen LogP contribution in [0.1, 0.15) is 18.1 Å². The molecule has 0 saturated heterocycles. The van der Waals surface area contributed by atoms with Crippen molar-refractivity contribution in [3.63, 3.8) is 0 Å². The minimum absolute atomic E-state index is 0.0386. The van der Waals surface area contributed by atoms with Gasteiger partial charge in [0, 0.05) is 18.3 Å². The minimum atomic E-state index is -0.411. The number of anilines is 1. The summed E-state index contributed by atoms with van der Waals surface area (Å²) in [5.41, 5.74) is 2.68. The SMILES string of the molecule is CCc1cccc(NCc2c(Cl)cccc2[N+](=O)[O-])c1. The van der Waals surface area contributed by atoms with Crippen molar-refractivity contribution >= 4 is 23.0 Å². The number of rotatable bonds is 5. The van der Waals surface area contributed by atoms with Gasteiger partial charge in [0.05, 0.1) is 15.5 Å². The summed E-state index contributed by atoms with van der Waals surface area (Å²) in [4.78, 5) is 10.6. The molecule has 0 aromatic heterocycles. The maximum Gasteiger partial charge on any atom is 0.275 e. The summed E-state index contributed by atoms with van der Waals surface area (Å²) >= 11 is 6.05. The van der Waals surface area contributed by atoms with Gasteiger partial charge in [-0.2, -0.15) is 0 Å². The second-order valence-corrected chi connectivity index (χ2v) is 4.81. The van der Waals surface area contributed by atoms with Crippen molar-refractivity contribution in [3.8, 4) is 0 Å². The second kappa shape index (κ2) is 6.39.